The van der Waals surface area contributed by atoms with Gasteiger partial charge in [-0.05, 0) is 30.2 Å². The molecule has 0 saturated carbocycles. The monoisotopic (exact) mass is 415 g/mol. The van der Waals surface area contributed by atoms with Gasteiger partial charge in [-0.15, -0.1) is 11.3 Å². The number of nitrogens with zero attached hydrogens (tertiary/aromatic N) is 1. The number of carbonyl (C=O) groups is 2. The lowest BCUT2D eigenvalue weighted by Crippen LogP contribution is -2.47. The number of carbonyl (C=O) groups excluding carboxylic acids is 2. The topological polar surface area (TPSA) is 71.1 Å². The second kappa shape index (κ2) is 8.91. The van der Waals surface area contributed by atoms with Crippen molar-refractivity contribution in [2.75, 3.05) is 5.32 Å². The Hall–Kier alpha value is -3.13. The summed E-state index contributed by atoms with van der Waals surface area (Å²) in [4.78, 5) is 29.4. The summed E-state index contributed by atoms with van der Waals surface area (Å²) >= 11 is 1.19. The third-order valence-electron chi connectivity index (χ3n) is 4.21. The molecular formula is C21H19F2N3O2S. The molecule has 0 aliphatic carbocycles. The third kappa shape index (κ3) is 5.03. The maximum atomic E-state index is 13.8. The van der Waals surface area contributed by atoms with Crippen LogP contribution in [0.15, 0.2) is 53.9 Å². The summed E-state index contributed by atoms with van der Waals surface area (Å²) in [5.74, 6) is -2.42. The second-order valence-corrected chi connectivity index (χ2v) is 7.57. The fraction of sp³-hybridized carbons (Fsp3) is 0.190. The highest BCUT2D eigenvalue weighted by Gasteiger charge is 2.26. The molecule has 1 heterocycles. The molecule has 0 fully saturated rings. The highest BCUT2D eigenvalue weighted by Crippen LogP contribution is 2.25. The van der Waals surface area contributed by atoms with E-state index in [1.54, 1.807) is 37.4 Å². The zero-order chi connectivity index (χ0) is 21.0. The first kappa shape index (κ1) is 20.6. The van der Waals surface area contributed by atoms with Crippen LogP contribution in [0, 0.1) is 17.6 Å². The summed E-state index contributed by atoms with van der Waals surface area (Å²) in [5.41, 5.74) is 0.991. The van der Waals surface area contributed by atoms with E-state index in [1.165, 1.54) is 41.7 Å². The molecule has 8 heteroatoms. The van der Waals surface area contributed by atoms with Gasteiger partial charge in [0.25, 0.3) is 5.91 Å². The molecule has 3 aromatic rings. The molecule has 2 aromatic carbocycles. The molecule has 0 aliphatic heterocycles. The van der Waals surface area contributed by atoms with Gasteiger partial charge in [-0.3, -0.25) is 9.59 Å². The van der Waals surface area contributed by atoms with Crippen molar-refractivity contribution in [1.29, 1.82) is 0 Å². The number of anilines is 1. The lowest BCUT2D eigenvalue weighted by Gasteiger charge is -2.21. The van der Waals surface area contributed by atoms with E-state index in [4.69, 9.17) is 0 Å². The second-order valence-electron chi connectivity index (χ2n) is 6.71. The van der Waals surface area contributed by atoms with Gasteiger partial charge in [0.1, 0.15) is 17.7 Å². The quantitative estimate of drug-likeness (QED) is 0.624. The molecule has 0 saturated heterocycles. The van der Waals surface area contributed by atoms with Crippen LogP contribution in [0.25, 0.3) is 11.3 Å². The SMILES string of the molecule is CC(C)C(NC(=O)c1ccccc1F)C(=O)Nc1nc(-c2cccc(F)c2)cs1. The first-order chi connectivity index (χ1) is 13.8. The van der Waals surface area contributed by atoms with E-state index in [9.17, 15) is 18.4 Å². The molecule has 0 bridgehead atoms. The predicted molar refractivity (Wildman–Crippen MR) is 109 cm³/mol. The van der Waals surface area contributed by atoms with Gasteiger partial charge >= 0.3 is 0 Å². The van der Waals surface area contributed by atoms with Gasteiger partial charge in [0.2, 0.25) is 5.91 Å². The highest BCUT2D eigenvalue weighted by molar-refractivity contribution is 7.14. The van der Waals surface area contributed by atoms with E-state index in [0.717, 1.165) is 0 Å². The minimum absolute atomic E-state index is 0.131. The number of benzene rings is 2. The Bertz CT molecular complexity index is 1040. The fourth-order valence-corrected chi connectivity index (χ4v) is 3.42. The Kier molecular flexibility index (Phi) is 6.33. The number of thiazole rings is 1. The maximum absolute atomic E-state index is 13.8. The van der Waals surface area contributed by atoms with Gasteiger partial charge in [-0.2, -0.15) is 0 Å². The summed E-state index contributed by atoms with van der Waals surface area (Å²) in [7, 11) is 0. The van der Waals surface area contributed by atoms with E-state index in [1.807, 2.05) is 0 Å². The minimum atomic E-state index is -0.886. The summed E-state index contributed by atoms with van der Waals surface area (Å²) in [6, 6.07) is 10.7. The molecule has 29 heavy (non-hydrogen) atoms. The first-order valence-corrected chi connectivity index (χ1v) is 9.81. The standard InChI is InChI=1S/C21H19F2N3O2S/c1-12(2)18(25-19(27)15-8-3-4-9-16(15)23)20(28)26-21-24-17(11-29-21)13-6-5-7-14(22)10-13/h3-12,18H,1-2H3,(H,25,27)(H,24,26,28). The molecule has 0 radical (unpaired) electrons. The number of nitrogens with one attached hydrogen (secondary N) is 2. The smallest absolute Gasteiger partial charge is 0.254 e. The van der Waals surface area contributed by atoms with E-state index in [-0.39, 0.29) is 17.3 Å². The Morgan fingerprint density at radius 2 is 1.83 bits per heavy atom. The molecule has 150 valence electrons. The van der Waals surface area contributed by atoms with Crippen molar-refractivity contribution >= 4 is 28.3 Å². The van der Waals surface area contributed by atoms with Crippen LogP contribution >= 0.6 is 11.3 Å². The molecule has 0 spiro atoms. The molecule has 2 amide bonds. The van der Waals surface area contributed by atoms with Crippen LogP contribution < -0.4 is 10.6 Å². The normalized spacial score (nSPS) is 11.9. The summed E-state index contributed by atoms with van der Waals surface area (Å²) < 4.78 is 27.2. The summed E-state index contributed by atoms with van der Waals surface area (Å²) in [5, 5.41) is 7.26. The largest absolute Gasteiger partial charge is 0.340 e. The van der Waals surface area contributed by atoms with Gasteiger partial charge in [-0.25, -0.2) is 13.8 Å². The number of rotatable bonds is 6. The molecule has 3 rings (SSSR count). The van der Waals surface area contributed by atoms with E-state index in [2.05, 4.69) is 15.6 Å². The van der Waals surface area contributed by atoms with Crippen molar-refractivity contribution < 1.29 is 18.4 Å². The maximum Gasteiger partial charge on any atom is 0.254 e. The van der Waals surface area contributed by atoms with Gasteiger partial charge in [0.15, 0.2) is 5.13 Å². The molecule has 0 aliphatic rings. The van der Waals surface area contributed by atoms with Crippen molar-refractivity contribution in [1.82, 2.24) is 10.3 Å². The van der Waals surface area contributed by atoms with Crippen molar-refractivity contribution in [3.63, 3.8) is 0 Å². The van der Waals surface area contributed by atoms with E-state index < -0.39 is 23.7 Å². The van der Waals surface area contributed by atoms with Crippen LogP contribution in [-0.4, -0.2) is 22.8 Å². The zero-order valence-electron chi connectivity index (χ0n) is 15.8. The molecule has 1 atom stereocenters. The van der Waals surface area contributed by atoms with Crippen molar-refractivity contribution in [2.24, 2.45) is 5.92 Å². The number of amides is 2. The molecule has 1 unspecified atom stereocenters. The van der Waals surface area contributed by atoms with Crippen LogP contribution in [0.1, 0.15) is 24.2 Å². The molecule has 2 N–H and O–H groups in total. The average Bonchev–Trinajstić information content (AvgIpc) is 3.14. The minimum Gasteiger partial charge on any atom is -0.340 e. The Labute approximate surface area is 170 Å². The summed E-state index contributed by atoms with van der Waals surface area (Å²) in [6.07, 6.45) is 0. The molecule has 5 nitrogen and oxygen atoms in total. The first-order valence-electron chi connectivity index (χ1n) is 8.93. The van der Waals surface area contributed by atoms with Crippen LogP contribution in [0.3, 0.4) is 0 Å². The Balaban J connectivity index is 1.72. The zero-order valence-corrected chi connectivity index (χ0v) is 16.6. The van der Waals surface area contributed by atoms with Crippen LogP contribution in [0.2, 0.25) is 0 Å². The number of halogens is 2. The van der Waals surface area contributed by atoms with Gasteiger partial charge in [-0.1, -0.05) is 38.1 Å². The number of hydrogen-bond donors (Lipinski definition) is 2. The van der Waals surface area contributed by atoms with E-state index >= 15 is 0 Å². The van der Waals surface area contributed by atoms with Gasteiger partial charge < -0.3 is 10.6 Å². The number of hydrogen-bond acceptors (Lipinski definition) is 4. The Morgan fingerprint density at radius 3 is 2.52 bits per heavy atom. The van der Waals surface area contributed by atoms with Crippen LogP contribution in [-0.2, 0) is 4.79 Å². The lowest BCUT2D eigenvalue weighted by molar-refractivity contribution is -0.118. The summed E-state index contributed by atoms with van der Waals surface area (Å²) in [6.45, 7) is 3.54. The van der Waals surface area contributed by atoms with Crippen LogP contribution in [0.4, 0.5) is 13.9 Å². The van der Waals surface area contributed by atoms with Crippen molar-refractivity contribution in [2.45, 2.75) is 19.9 Å². The fourth-order valence-electron chi connectivity index (χ4n) is 2.69. The van der Waals surface area contributed by atoms with Crippen molar-refractivity contribution in [3.05, 3.63) is 71.1 Å². The van der Waals surface area contributed by atoms with E-state index in [0.29, 0.717) is 16.4 Å². The third-order valence-corrected chi connectivity index (χ3v) is 4.97. The molecular weight excluding hydrogens is 396 g/mol. The number of aromatic nitrogens is 1. The van der Waals surface area contributed by atoms with Crippen molar-refractivity contribution in [3.8, 4) is 11.3 Å². The molecule has 1 aromatic heterocycles. The Morgan fingerprint density at radius 1 is 1.07 bits per heavy atom. The lowest BCUT2D eigenvalue weighted by atomic mass is 10.0. The average molecular weight is 415 g/mol. The van der Waals surface area contributed by atoms with Crippen LogP contribution in [0.5, 0.6) is 0 Å². The van der Waals surface area contributed by atoms with Gasteiger partial charge in [0.05, 0.1) is 11.3 Å². The predicted octanol–water partition coefficient (Wildman–Crippen LogP) is 4.48. The highest BCUT2D eigenvalue weighted by atomic mass is 32.1. The van der Waals surface area contributed by atoms with Gasteiger partial charge in [0, 0.05) is 10.9 Å².